The molecule has 1 aliphatic rings. The molecular weight excluding hydrogens is 328 g/mol. The highest BCUT2D eigenvalue weighted by Gasteiger charge is 2.31. The Hall–Kier alpha value is -1.37. The van der Waals surface area contributed by atoms with Crippen molar-refractivity contribution in [3.63, 3.8) is 0 Å². The van der Waals surface area contributed by atoms with Crippen molar-refractivity contribution in [3.8, 4) is 0 Å². The lowest BCUT2D eigenvalue weighted by molar-refractivity contribution is -0.132. The predicted octanol–water partition coefficient (Wildman–Crippen LogP) is 2.29. The summed E-state index contributed by atoms with van der Waals surface area (Å²) in [5, 5.41) is 3.60. The van der Waals surface area contributed by atoms with Gasteiger partial charge in [0.25, 0.3) is 0 Å². The second kappa shape index (κ2) is 7.68. The fourth-order valence-electron chi connectivity index (χ4n) is 3.31. The van der Waals surface area contributed by atoms with Gasteiger partial charge in [-0.1, -0.05) is 19.0 Å². The van der Waals surface area contributed by atoms with Gasteiger partial charge in [0.2, 0.25) is 5.91 Å². The minimum atomic E-state index is -3.05. The van der Waals surface area contributed by atoms with Gasteiger partial charge in [0, 0.05) is 25.1 Å². The minimum absolute atomic E-state index is 0.0784. The van der Waals surface area contributed by atoms with Crippen LogP contribution in [-0.4, -0.2) is 48.5 Å². The third kappa shape index (κ3) is 4.59. The normalized spacial score (nSPS) is 16.8. The lowest BCUT2D eigenvalue weighted by atomic mass is 10.1. The largest absolute Gasteiger partial charge is 0.361 e. The molecule has 0 aromatic carbocycles. The molecule has 1 fully saturated rings. The van der Waals surface area contributed by atoms with E-state index in [2.05, 4.69) is 5.16 Å². The average molecular weight is 356 g/mol. The van der Waals surface area contributed by atoms with E-state index in [0.29, 0.717) is 38.8 Å². The van der Waals surface area contributed by atoms with Crippen molar-refractivity contribution in [1.29, 1.82) is 0 Å². The first-order valence-corrected chi connectivity index (χ1v) is 10.3. The van der Waals surface area contributed by atoms with Gasteiger partial charge in [-0.05, 0) is 39.0 Å². The maximum Gasteiger partial charge on any atom is 0.222 e. The number of aromatic nitrogens is 1. The van der Waals surface area contributed by atoms with E-state index < -0.39 is 9.84 Å². The number of aryl methyl sites for hydroxylation is 2. The van der Waals surface area contributed by atoms with Crippen LogP contribution in [-0.2, 0) is 21.1 Å². The molecular formula is C17H28N2O4S. The number of carbonyl (C=O) groups is 1. The molecule has 0 radical (unpaired) electrons. The molecule has 6 nitrogen and oxygen atoms in total. The Labute approximate surface area is 144 Å². The fraction of sp³-hybridized carbons (Fsp3) is 0.765. The zero-order chi connectivity index (χ0) is 17.9. The van der Waals surface area contributed by atoms with Gasteiger partial charge in [0.1, 0.15) is 5.76 Å². The third-order valence-corrected chi connectivity index (χ3v) is 7.26. The summed E-state index contributed by atoms with van der Waals surface area (Å²) in [6.45, 7) is 8.63. The summed E-state index contributed by atoms with van der Waals surface area (Å²) < 4.78 is 29.7. The second-order valence-corrected chi connectivity index (χ2v) is 9.43. The summed E-state index contributed by atoms with van der Waals surface area (Å²) in [4.78, 5) is 14.2. The van der Waals surface area contributed by atoms with Gasteiger partial charge in [-0.3, -0.25) is 4.79 Å². The molecule has 24 heavy (non-hydrogen) atoms. The molecule has 0 unspecified atom stereocenters. The third-order valence-electron chi connectivity index (χ3n) is 4.64. The Bertz CT molecular complexity index is 651. The summed E-state index contributed by atoms with van der Waals surface area (Å²) in [6, 6.07) is 0. The number of piperidine rings is 1. The van der Waals surface area contributed by atoms with E-state index in [-0.39, 0.29) is 22.8 Å². The van der Waals surface area contributed by atoms with E-state index in [1.54, 1.807) is 4.90 Å². The molecule has 1 amide bonds. The average Bonchev–Trinajstić information content (AvgIpc) is 2.82. The van der Waals surface area contributed by atoms with Gasteiger partial charge in [0.05, 0.1) is 16.7 Å². The summed E-state index contributed by atoms with van der Waals surface area (Å²) in [6.07, 6.45) is 2.12. The Morgan fingerprint density at radius 1 is 1.29 bits per heavy atom. The highest BCUT2D eigenvalue weighted by molar-refractivity contribution is 7.92. The number of nitrogens with zero attached hydrogens (tertiary/aromatic N) is 2. The van der Waals surface area contributed by atoms with Crippen LogP contribution >= 0.6 is 0 Å². The summed E-state index contributed by atoms with van der Waals surface area (Å²) in [5.74, 6) is 1.22. The Morgan fingerprint density at radius 3 is 2.42 bits per heavy atom. The number of hydrogen-bond acceptors (Lipinski definition) is 5. The molecule has 7 heteroatoms. The van der Waals surface area contributed by atoms with E-state index in [4.69, 9.17) is 4.52 Å². The van der Waals surface area contributed by atoms with Gasteiger partial charge in [0.15, 0.2) is 9.84 Å². The van der Waals surface area contributed by atoms with E-state index in [1.165, 1.54) is 0 Å². The summed E-state index contributed by atoms with van der Waals surface area (Å²) >= 11 is 0. The Balaban J connectivity index is 1.85. The van der Waals surface area contributed by atoms with Crippen LogP contribution in [0.2, 0.25) is 0 Å². The molecule has 1 aromatic heterocycles. The summed E-state index contributed by atoms with van der Waals surface area (Å²) in [7, 11) is -3.05. The smallest absolute Gasteiger partial charge is 0.222 e. The first kappa shape index (κ1) is 19.0. The van der Waals surface area contributed by atoms with Crippen molar-refractivity contribution in [2.75, 3.05) is 18.8 Å². The number of rotatable bonds is 6. The number of carbonyl (C=O) groups excluding carboxylic acids is 1. The van der Waals surface area contributed by atoms with E-state index >= 15 is 0 Å². The van der Waals surface area contributed by atoms with Crippen LogP contribution in [0.4, 0.5) is 0 Å². The molecule has 2 heterocycles. The lowest BCUT2D eigenvalue weighted by Crippen LogP contribution is -2.43. The minimum Gasteiger partial charge on any atom is -0.361 e. The monoisotopic (exact) mass is 356 g/mol. The molecule has 136 valence electrons. The molecule has 0 atom stereocenters. The van der Waals surface area contributed by atoms with Gasteiger partial charge >= 0.3 is 0 Å². The molecule has 0 aliphatic carbocycles. The van der Waals surface area contributed by atoms with E-state index in [0.717, 1.165) is 17.0 Å². The number of hydrogen-bond donors (Lipinski definition) is 0. The van der Waals surface area contributed by atoms with E-state index in [1.807, 2.05) is 27.7 Å². The SMILES string of the molecule is Cc1noc(C)c1CCC(=O)N1CCC(S(=O)(=O)CC(C)C)CC1. The first-order chi connectivity index (χ1) is 11.2. The van der Waals surface area contributed by atoms with Crippen molar-refractivity contribution in [1.82, 2.24) is 10.1 Å². The van der Waals surface area contributed by atoms with Crippen molar-refractivity contribution in [2.24, 2.45) is 5.92 Å². The molecule has 0 bridgehead atoms. The van der Waals surface area contributed by atoms with Gasteiger partial charge in [-0.15, -0.1) is 0 Å². The summed E-state index contributed by atoms with van der Waals surface area (Å²) in [5.41, 5.74) is 1.83. The zero-order valence-electron chi connectivity index (χ0n) is 15.0. The van der Waals surface area contributed by atoms with Crippen molar-refractivity contribution in [2.45, 2.75) is 58.6 Å². The van der Waals surface area contributed by atoms with E-state index in [9.17, 15) is 13.2 Å². The zero-order valence-corrected chi connectivity index (χ0v) is 15.9. The highest BCUT2D eigenvalue weighted by Crippen LogP contribution is 2.22. The van der Waals surface area contributed by atoms with Crippen molar-refractivity contribution in [3.05, 3.63) is 17.0 Å². The lowest BCUT2D eigenvalue weighted by Gasteiger charge is -2.32. The van der Waals surface area contributed by atoms with Crippen LogP contribution in [0, 0.1) is 19.8 Å². The second-order valence-electron chi connectivity index (χ2n) is 7.11. The van der Waals surface area contributed by atoms with Gasteiger partial charge < -0.3 is 9.42 Å². The number of amides is 1. The molecule has 2 rings (SSSR count). The fourth-order valence-corrected chi connectivity index (χ4v) is 5.44. The molecule has 1 aromatic rings. The number of likely N-dealkylation sites (tertiary alicyclic amines) is 1. The van der Waals surface area contributed by atoms with Crippen LogP contribution in [0.3, 0.4) is 0 Å². The standard InChI is InChI=1S/C17H28N2O4S/c1-12(2)11-24(21,22)15-7-9-19(10-8-15)17(20)6-5-16-13(3)18-23-14(16)4/h12,15H,5-11H2,1-4H3. The highest BCUT2D eigenvalue weighted by atomic mass is 32.2. The maximum absolute atomic E-state index is 12.4. The quantitative estimate of drug-likeness (QED) is 0.781. The van der Waals surface area contributed by atoms with Gasteiger partial charge in [-0.25, -0.2) is 8.42 Å². The van der Waals surface area contributed by atoms with Crippen LogP contribution in [0.5, 0.6) is 0 Å². The van der Waals surface area contributed by atoms with Gasteiger partial charge in [-0.2, -0.15) is 0 Å². The Kier molecular flexibility index (Phi) is 6.06. The number of sulfone groups is 1. The topological polar surface area (TPSA) is 80.5 Å². The molecule has 0 saturated carbocycles. The van der Waals surface area contributed by atoms with Crippen LogP contribution in [0.25, 0.3) is 0 Å². The van der Waals surface area contributed by atoms with Crippen LogP contribution in [0.15, 0.2) is 4.52 Å². The van der Waals surface area contributed by atoms with Crippen molar-refractivity contribution < 1.29 is 17.7 Å². The first-order valence-electron chi connectivity index (χ1n) is 8.61. The van der Waals surface area contributed by atoms with Crippen LogP contribution < -0.4 is 0 Å². The van der Waals surface area contributed by atoms with Crippen LogP contribution in [0.1, 0.15) is 50.1 Å². The van der Waals surface area contributed by atoms with Crippen molar-refractivity contribution >= 4 is 15.7 Å². The molecule has 1 saturated heterocycles. The predicted molar refractivity (Wildman–Crippen MR) is 92.5 cm³/mol. The molecule has 1 aliphatic heterocycles. The molecule has 0 spiro atoms. The Morgan fingerprint density at radius 2 is 1.92 bits per heavy atom. The molecule has 0 N–H and O–H groups in total. The maximum atomic E-state index is 12.4.